The molecule has 0 aliphatic carbocycles. The van der Waals surface area contributed by atoms with E-state index < -0.39 is 11.7 Å². The van der Waals surface area contributed by atoms with Crippen LogP contribution in [-0.4, -0.2) is 26.6 Å². The second-order valence-electron chi connectivity index (χ2n) is 9.17. The van der Waals surface area contributed by atoms with Crippen molar-refractivity contribution in [3.8, 4) is 5.75 Å². The van der Waals surface area contributed by atoms with Crippen LogP contribution in [0.3, 0.4) is 0 Å². The fraction of sp³-hybridized carbons (Fsp3) is 0.259. The molecule has 0 fully saturated rings. The summed E-state index contributed by atoms with van der Waals surface area (Å²) in [6.45, 7) is 9.68. The molecule has 4 rings (SSSR count). The predicted molar refractivity (Wildman–Crippen MR) is 137 cm³/mol. The maximum absolute atomic E-state index is 12.3. The number of benzene rings is 2. The van der Waals surface area contributed by atoms with Gasteiger partial charge in [-0.25, -0.2) is 14.8 Å². The monoisotopic (exact) mass is 471 g/mol. The largest absolute Gasteiger partial charge is 0.488 e. The summed E-state index contributed by atoms with van der Waals surface area (Å²) in [6.07, 6.45) is 2.91. The number of hydrogen-bond acceptors (Lipinski definition) is 7. The zero-order valence-electron chi connectivity index (χ0n) is 20.5. The van der Waals surface area contributed by atoms with Gasteiger partial charge in [-0.3, -0.25) is 10.3 Å². The Hall–Kier alpha value is -4.20. The van der Waals surface area contributed by atoms with Crippen molar-refractivity contribution >= 4 is 34.2 Å². The van der Waals surface area contributed by atoms with Gasteiger partial charge in [0.2, 0.25) is 0 Å². The Balaban J connectivity index is 1.49. The molecule has 8 heteroatoms. The molecule has 0 bridgehead atoms. The number of aryl methyl sites for hydroxylation is 2. The first kappa shape index (κ1) is 23.9. The van der Waals surface area contributed by atoms with Gasteiger partial charge in [0, 0.05) is 17.0 Å². The summed E-state index contributed by atoms with van der Waals surface area (Å²) < 4.78 is 11.5. The Morgan fingerprint density at radius 1 is 0.943 bits per heavy atom. The SMILES string of the molecule is Cc1ncc(Nc2cc(COc3ccc(NC(=O)OC(C)(C)C)c4ccccc34)ccn2)nc1C. The molecule has 0 aliphatic heterocycles. The van der Waals surface area contributed by atoms with Crippen LogP contribution in [0.4, 0.5) is 22.1 Å². The van der Waals surface area contributed by atoms with Gasteiger partial charge in [-0.15, -0.1) is 0 Å². The second kappa shape index (κ2) is 9.97. The van der Waals surface area contributed by atoms with E-state index in [1.807, 2.05) is 83.1 Å². The first-order chi connectivity index (χ1) is 16.7. The fourth-order valence-corrected chi connectivity index (χ4v) is 3.45. The number of nitrogens with zero attached hydrogens (tertiary/aromatic N) is 3. The predicted octanol–water partition coefficient (Wildman–Crippen LogP) is 6.31. The molecule has 2 aromatic heterocycles. The van der Waals surface area contributed by atoms with Crippen LogP contribution in [-0.2, 0) is 11.3 Å². The fourth-order valence-electron chi connectivity index (χ4n) is 3.45. The zero-order valence-corrected chi connectivity index (χ0v) is 20.5. The highest BCUT2D eigenvalue weighted by Crippen LogP contribution is 2.32. The minimum absolute atomic E-state index is 0.346. The number of hydrogen-bond donors (Lipinski definition) is 2. The number of carbonyl (C=O) groups is 1. The van der Waals surface area contributed by atoms with E-state index in [4.69, 9.17) is 9.47 Å². The number of carbonyl (C=O) groups excluding carboxylic acids is 1. The van der Waals surface area contributed by atoms with Gasteiger partial charge in [0.15, 0.2) is 0 Å². The number of aromatic nitrogens is 3. The molecule has 0 unspecified atom stereocenters. The summed E-state index contributed by atoms with van der Waals surface area (Å²) in [6, 6.07) is 15.2. The highest BCUT2D eigenvalue weighted by atomic mass is 16.6. The van der Waals surface area contributed by atoms with Crippen molar-refractivity contribution in [1.82, 2.24) is 15.0 Å². The lowest BCUT2D eigenvalue weighted by molar-refractivity contribution is 0.0636. The first-order valence-electron chi connectivity index (χ1n) is 11.3. The van der Waals surface area contributed by atoms with Gasteiger partial charge in [-0.2, -0.15) is 0 Å². The molecule has 0 spiro atoms. The zero-order chi connectivity index (χ0) is 25.0. The number of pyridine rings is 1. The van der Waals surface area contributed by atoms with Crippen LogP contribution < -0.4 is 15.4 Å². The number of fused-ring (bicyclic) bond motifs is 1. The third kappa shape index (κ3) is 6.23. The molecule has 4 aromatic rings. The van der Waals surface area contributed by atoms with Crippen molar-refractivity contribution in [2.75, 3.05) is 10.6 Å². The topological polar surface area (TPSA) is 98.3 Å². The van der Waals surface area contributed by atoms with Crippen LogP contribution in [0.2, 0.25) is 0 Å². The summed E-state index contributed by atoms with van der Waals surface area (Å²) in [5.41, 5.74) is 2.79. The van der Waals surface area contributed by atoms with Crippen LogP contribution in [0.25, 0.3) is 10.8 Å². The molecule has 0 saturated carbocycles. The summed E-state index contributed by atoms with van der Waals surface area (Å²) in [5, 5.41) is 7.78. The molecule has 0 saturated heterocycles. The average Bonchev–Trinajstić information content (AvgIpc) is 2.80. The van der Waals surface area contributed by atoms with Gasteiger partial charge in [0.05, 0.1) is 23.3 Å². The van der Waals surface area contributed by atoms with Gasteiger partial charge in [0.1, 0.15) is 29.6 Å². The molecule has 0 atom stereocenters. The molecule has 0 radical (unpaired) electrons. The Morgan fingerprint density at radius 3 is 2.46 bits per heavy atom. The lowest BCUT2D eigenvalue weighted by atomic mass is 10.1. The van der Waals surface area contributed by atoms with E-state index in [0.29, 0.717) is 29.7 Å². The Labute approximate surface area is 204 Å². The van der Waals surface area contributed by atoms with Crippen molar-refractivity contribution < 1.29 is 14.3 Å². The van der Waals surface area contributed by atoms with E-state index in [1.54, 1.807) is 12.4 Å². The van der Waals surface area contributed by atoms with E-state index in [2.05, 4.69) is 25.6 Å². The quantitative estimate of drug-likeness (QED) is 0.340. The maximum atomic E-state index is 12.3. The number of amides is 1. The molecule has 8 nitrogen and oxygen atoms in total. The Kier molecular flexibility index (Phi) is 6.82. The third-order valence-corrected chi connectivity index (χ3v) is 5.19. The smallest absolute Gasteiger partial charge is 0.412 e. The average molecular weight is 472 g/mol. The Morgan fingerprint density at radius 2 is 1.71 bits per heavy atom. The lowest BCUT2D eigenvalue weighted by Gasteiger charge is -2.20. The van der Waals surface area contributed by atoms with E-state index in [0.717, 1.165) is 27.7 Å². The van der Waals surface area contributed by atoms with E-state index in [9.17, 15) is 4.79 Å². The van der Waals surface area contributed by atoms with Crippen molar-refractivity contribution in [1.29, 1.82) is 0 Å². The number of ether oxygens (including phenoxy) is 2. The number of nitrogens with one attached hydrogen (secondary N) is 2. The molecule has 35 heavy (non-hydrogen) atoms. The van der Waals surface area contributed by atoms with Gasteiger partial charge in [-0.05, 0) is 64.4 Å². The molecule has 2 N–H and O–H groups in total. The number of anilines is 3. The van der Waals surface area contributed by atoms with Crippen LogP contribution in [0.1, 0.15) is 37.7 Å². The van der Waals surface area contributed by atoms with Gasteiger partial charge in [0.25, 0.3) is 0 Å². The minimum Gasteiger partial charge on any atom is -0.488 e. The highest BCUT2D eigenvalue weighted by molar-refractivity contribution is 6.02. The summed E-state index contributed by atoms with van der Waals surface area (Å²) in [7, 11) is 0. The lowest BCUT2D eigenvalue weighted by Crippen LogP contribution is -2.27. The summed E-state index contributed by atoms with van der Waals surface area (Å²) in [5.74, 6) is 2.00. The van der Waals surface area contributed by atoms with Gasteiger partial charge < -0.3 is 14.8 Å². The number of rotatable bonds is 6. The first-order valence-corrected chi connectivity index (χ1v) is 11.3. The van der Waals surface area contributed by atoms with Crippen molar-refractivity contribution in [3.05, 3.63) is 77.9 Å². The minimum atomic E-state index is -0.577. The van der Waals surface area contributed by atoms with Crippen LogP contribution in [0.15, 0.2) is 60.9 Å². The normalized spacial score (nSPS) is 11.2. The molecular weight excluding hydrogens is 442 g/mol. The van der Waals surface area contributed by atoms with Crippen molar-refractivity contribution in [3.63, 3.8) is 0 Å². The Bertz CT molecular complexity index is 1360. The molecule has 0 aliphatic rings. The highest BCUT2D eigenvalue weighted by Gasteiger charge is 2.17. The van der Waals surface area contributed by atoms with Crippen molar-refractivity contribution in [2.45, 2.75) is 46.8 Å². The second-order valence-corrected chi connectivity index (χ2v) is 9.17. The van der Waals surface area contributed by atoms with Gasteiger partial charge >= 0.3 is 6.09 Å². The molecule has 2 heterocycles. The van der Waals surface area contributed by atoms with Crippen molar-refractivity contribution in [2.24, 2.45) is 0 Å². The molecule has 2 aromatic carbocycles. The molecule has 180 valence electrons. The summed E-state index contributed by atoms with van der Waals surface area (Å²) >= 11 is 0. The van der Waals surface area contributed by atoms with E-state index >= 15 is 0 Å². The van der Waals surface area contributed by atoms with E-state index in [-0.39, 0.29) is 0 Å². The summed E-state index contributed by atoms with van der Waals surface area (Å²) in [4.78, 5) is 25.5. The van der Waals surface area contributed by atoms with Crippen LogP contribution in [0.5, 0.6) is 5.75 Å². The van der Waals surface area contributed by atoms with E-state index in [1.165, 1.54) is 0 Å². The molecule has 1 amide bonds. The van der Waals surface area contributed by atoms with Crippen LogP contribution >= 0.6 is 0 Å². The van der Waals surface area contributed by atoms with Gasteiger partial charge in [-0.1, -0.05) is 24.3 Å². The third-order valence-electron chi connectivity index (χ3n) is 5.19. The maximum Gasteiger partial charge on any atom is 0.412 e. The van der Waals surface area contributed by atoms with Crippen LogP contribution in [0, 0.1) is 13.8 Å². The molecular formula is C27H29N5O3. The standard InChI is InChI=1S/C27H29N5O3/c1-17-18(2)30-25(15-29-17)32-24-14-19(12-13-28-24)16-34-23-11-10-22(20-8-6-7-9-21(20)23)31-26(33)35-27(3,4)5/h6-15H,16H2,1-5H3,(H,31,33)(H,28,30,32).